The smallest absolute Gasteiger partial charge is 0.225 e. The number of amides is 1. The standard InChI is InChI=1S/C17H26N4O/c1-20-5-4-16(19-20)11-2-6-21(7-3-11)17(22)13-8-12-10-15(18)14(12)9-13/h4-5,11-15H,2-3,6-10,18H2,1H3/t12-,13?,14-,15+/m1/s1. The minimum atomic E-state index is 0.245. The van der Waals surface area contributed by atoms with Gasteiger partial charge in [0.25, 0.3) is 0 Å². The average Bonchev–Trinajstić information content (AvgIpc) is 3.10. The predicted molar refractivity (Wildman–Crippen MR) is 84.1 cm³/mol. The third kappa shape index (κ3) is 2.35. The van der Waals surface area contributed by atoms with Gasteiger partial charge in [-0.05, 0) is 50.0 Å². The average molecular weight is 302 g/mol. The molecule has 1 unspecified atom stereocenters. The van der Waals surface area contributed by atoms with Crippen LogP contribution in [0.25, 0.3) is 0 Å². The number of rotatable bonds is 2. The van der Waals surface area contributed by atoms with Gasteiger partial charge in [-0.1, -0.05) is 0 Å². The highest BCUT2D eigenvalue weighted by atomic mass is 16.2. The first kappa shape index (κ1) is 14.2. The van der Waals surface area contributed by atoms with Crippen LogP contribution in [0.1, 0.15) is 43.7 Å². The van der Waals surface area contributed by atoms with Gasteiger partial charge in [0.2, 0.25) is 5.91 Å². The lowest BCUT2D eigenvalue weighted by atomic mass is 9.72. The molecule has 2 aliphatic carbocycles. The highest BCUT2D eigenvalue weighted by Gasteiger charge is 2.48. The summed E-state index contributed by atoms with van der Waals surface area (Å²) >= 11 is 0. The molecule has 2 saturated carbocycles. The number of likely N-dealkylation sites (tertiary alicyclic amines) is 1. The molecule has 1 aromatic rings. The summed E-state index contributed by atoms with van der Waals surface area (Å²) in [4.78, 5) is 14.8. The van der Waals surface area contributed by atoms with Gasteiger partial charge in [-0.3, -0.25) is 9.48 Å². The lowest BCUT2D eigenvalue weighted by Gasteiger charge is -2.37. The third-order valence-corrected chi connectivity index (χ3v) is 6.18. The van der Waals surface area contributed by atoms with E-state index in [2.05, 4.69) is 16.1 Å². The Morgan fingerprint density at radius 3 is 2.64 bits per heavy atom. The fourth-order valence-electron chi connectivity index (χ4n) is 4.79. The summed E-state index contributed by atoms with van der Waals surface area (Å²) in [6, 6.07) is 2.47. The molecule has 2 heterocycles. The van der Waals surface area contributed by atoms with Gasteiger partial charge in [0, 0.05) is 44.2 Å². The monoisotopic (exact) mass is 302 g/mol. The molecule has 3 fully saturated rings. The van der Waals surface area contributed by atoms with Crippen LogP contribution in [0.5, 0.6) is 0 Å². The van der Waals surface area contributed by atoms with Crippen LogP contribution in [0.3, 0.4) is 0 Å². The molecule has 0 spiro atoms. The Hall–Kier alpha value is -1.36. The maximum Gasteiger partial charge on any atom is 0.225 e. The second kappa shape index (κ2) is 5.37. The van der Waals surface area contributed by atoms with Crippen molar-refractivity contribution in [1.82, 2.24) is 14.7 Å². The molecule has 4 rings (SSSR count). The van der Waals surface area contributed by atoms with E-state index in [4.69, 9.17) is 5.73 Å². The molecule has 4 atom stereocenters. The SMILES string of the molecule is Cn1ccc(C2CCN(C(=O)C3C[C@@H]4C[C@H](N)[C@@H]4C3)CC2)n1. The molecule has 120 valence electrons. The first-order chi connectivity index (χ1) is 10.6. The molecule has 3 aliphatic rings. The van der Waals surface area contributed by atoms with E-state index in [1.807, 2.05) is 17.9 Å². The van der Waals surface area contributed by atoms with E-state index in [1.165, 1.54) is 5.69 Å². The van der Waals surface area contributed by atoms with E-state index in [0.29, 0.717) is 23.8 Å². The molecule has 1 saturated heterocycles. The fourth-order valence-corrected chi connectivity index (χ4v) is 4.79. The Morgan fingerprint density at radius 2 is 2.05 bits per heavy atom. The van der Waals surface area contributed by atoms with Gasteiger partial charge in [0.1, 0.15) is 0 Å². The molecule has 0 radical (unpaired) electrons. The van der Waals surface area contributed by atoms with Crippen LogP contribution in [0.4, 0.5) is 0 Å². The Morgan fingerprint density at radius 1 is 1.27 bits per heavy atom. The predicted octanol–water partition coefficient (Wildman–Crippen LogP) is 1.50. The van der Waals surface area contributed by atoms with Crippen LogP contribution in [0.15, 0.2) is 12.3 Å². The van der Waals surface area contributed by atoms with Crippen LogP contribution in [0.2, 0.25) is 0 Å². The van der Waals surface area contributed by atoms with Gasteiger partial charge in [-0.2, -0.15) is 5.10 Å². The largest absolute Gasteiger partial charge is 0.342 e. The molecule has 2 N–H and O–H groups in total. The Kier molecular flexibility index (Phi) is 3.48. The van der Waals surface area contributed by atoms with Gasteiger partial charge in [0.15, 0.2) is 0 Å². The zero-order valence-electron chi connectivity index (χ0n) is 13.3. The molecule has 1 aliphatic heterocycles. The minimum Gasteiger partial charge on any atom is -0.342 e. The summed E-state index contributed by atoms with van der Waals surface area (Å²) in [5.41, 5.74) is 7.24. The summed E-state index contributed by atoms with van der Waals surface area (Å²) in [7, 11) is 1.96. The summed E-state index contributed by atoms with van der Waals surface area (Å²) < 4.78 is 1.87. The number of fused-ring (bicyclic) bond motifs is 1. The van der Waals surface area contributed by atoms with Crippen molar-refractivity contribution in [3.05, 3.63) is 18.0 Å². The van der Waals surface area contributed by atoms with Gasteiger partial charge in [-0.15, -0.1) is 0 Å². The topological polar surface area (TPSA) is 64.2 Å². The number of nitrogens with two attached hydrogens (primary N) is 1. The summed E-state index contributed by atoms with van der Waals surface area (Å²) in [6.45, 7) is 1.77. The van der Waals surface area contributed by atoms with Crippen molar-refractivity contribution in [3.63, 3.8) is 0 Å². The second-order valence-corrected chi connectivity index (χ2v) is 7.51. The highest BCUT2D eigenvalue weighted by Crippen LogP contribution is 2.49. The van der Waals surface area contributed by atoms with E-state index < -0.39 is 0 Å². The van der Waals surface area contributed by atoms with Crippen molar-refractivity contribution < 1.29 is 4.79 Å². The number of hydrogen-bond donors (Lipinski definition) is 1. The lowest BCUT2D eigenvalue weighted by molar-refractivity contribution is -0.136. The molecular formula is C17H26N4O. The van der Waals surface area contributed by atoms with Gasteiger partial charge in [0.05, 0.1) is 5.69 Å². The Labute approximate surface area is 131 Å². The number of carbonyl (C=O) groups is 1. The molecule has 22 heavy (non-hydrogen) atoms. The van der Waals surface area contributed by atoms with E-state index in [1.54, 1.807) is 0 Å². The molecule has 5 heteroatoms. The van der Waals surface area contributed by atoms with Gasteiger partial charge >= 0.3 is 0 Å². The Bertz CT molecular complexity index is 561. The maximum atomic E-state index is 12.7. The van der Waals surface area contributed by atoms with Crippen LogP contribution >= 0.6 is 0 Å². The number of aryl methyl sites for hydroxylation is 1. The van der Waals surface area contributed by atoms with Crippen LogP contribution < -0.4 is 5.73 Å². The molecule has 5 nitrogen and oxygen atoms in total. The maximum absolute atomic E-state index is 12.7. The molecule has 1 amide bonds. The zero-order valence-corrected chi connectivity index (χ0v) is 13.3. The van der Waals surface area contributed by atoms with E-state index in [-0.39, 0.29) is 5.92 Å². The quantitative estimate of drug-likeness (QED) is 0.900. The number of aromatic nitrogens is 2. The molecule has 1 aromatic heterocycles. The van der Waals surface area contributed by atoms with Gasteiger partial charge < -0.3 is 10.6 Å². The minimum absolute atomic E-state index is 0.245. The number of carbonyl (C=O) groups excluding carboxylic acids is 1. The van der Waals surface area contributed by atoms with Crippen molar-refractivity contribution in [2.75, 3.05) is 13.1 Å². The second-order valence-electron chi connectivity index (χ2n) is 7.51. The summed E-state index contributed by atoms with van der Waals surface area (Å²) in [5.74, 6) is 2.50. The number of nitrogens with zero attached hydrogens (tertiary/aromatic N) is 3. The molecule has 0 aromatic carbocycles. The normalized spacial score (nSPS) is 35.3. The first-order valence-corrected chi connectivity index (χ1v) is 8.65. The van der Waals surface area contributed by atoms with E-state index >= 15 is 0 Å². The Balaban J connectivity index is 1.33. The lowest BCUT2D eigenvalue weighted by Crippen LogP contribution is -2.44. The first-order valence-electron chi connectivity index (χ1n) is 8.65. The van der Waals surface area contributed by atoms with Crippen molar-refractivity contribution in [1.29, 1.82) is 0 Å². The zero-order chi connectivity index (χ0) is 15.3. The van der Waals surface area contributed by atoms with E-state index in [0.717, 1.165) is 51.1 Å². The van der Waals surface area contributed by atoms with Crippen molar-refractivity contribution in [2.24, 2.45) is 30.5 Å². The summed E-state index contributed by atoms with van der Waals surface area (Å²) in [6.07, 6.45) is 7.34. The van der Waals surface area contributed by atoms with Crippen molar-refractivity contribution in [3.8, 4) is 0 Å². The van der Waals surface area contributed by atoms with Crippen molar-refractivity contribution >= 4 is 5.91 Å². The fraction of sp³-hybridized carbons (Fsp3) is 0.765. The number of piperidine rings is 1. The summed E-state index contributed by atoms with van der Waals surface area (Å²) in [5, 5.41) is 4.52. The van der Waals surface area contributed by atoms with Crippen molar-refractivity contribution in [2.45, 2.75) is 44.1 Å². The van der Waals surface area contributed by atoms with Crippen LogP contribution in [-0.4, -0.2) is 39.7 Å². The van der Waals surface area contributed by atoms with Crippen LogP contribution in [0, 0.1) is 17.8 Å². The van der Waals surface area contributed by atoms with E-state index in [9.17, 15) is 4.79 Å². The van der Waals surface area contributed by atoms with Crippen LogP contribution in [-0.2, 0) is 11.8 Å². The number of hydrogen-bond acceptors (Lipinski definition) is 3. The highest BCUT2D eigenvalue weighted by molar-refractivity contribution is 5.79. The van der Waals surface area contributed by atoms with Gasteiger partial charge in [-0.25, -0.2) is 0 Å². The molecular weight excluding hydrogens is 276 g/mol. The molecule has 0 bridgehead atoms. The third-order valence-electron chi connectivity index (χ3n) is 6.18.